The normalized spacial score (nSPS) is 18.1. The molecule has 20 heavy (non-hydrogen) atoms. The van der Waals surface area contributed by atoms with Gasteiger partial charge in [-0.1, -0.05) is 6.92 Å². The fourth-order valence-electron chi connectivity index (χ4n) is 2.22. The second-order valence-electron chi connectivity index (χ2n) is 4.78. The van der Waals surface area contributed by atoms with Gasteiger partial charge in [-0.2, -0.15) is 16.1 Å². The Morgan fingerprint density at radius 1 is 1.35 bits per heavy atom. The molecule has 1 aromatic heterocycles. The maximum Gasteiger partial charge on any atom is 0.244 e. The van der Waals surface area contributed by atoms with E-state index < -0.39 is 10.0 Å². The van der Waals surface area contributed by atoms with Crippen molar-refractivity contribution in [3.8, 4) is 0 Å². The molecular formula is C13H22N2O2S3. The maximum atomic E-state index is 12.8. The first-order valence-electron chi connectivity index (χ1n) is 6.93. The van der Waals surface area contributed by atoms with Crippen LogP contribution in [0.25, 0.3) is 0 Å². The first-order chi connectivity index (χ1) is 9.55. The van der Waals surface area contributed by atoms with Crippen LogP contribution in [-0.4, -0.2) is 43.9 Å². The summed E-state index contributed by atoms with van der Waals surface area (Å²) in [6.45, 7) is 6.86. The van der Waals surface area contributed by atoms with E-state index in [1.807, 2.05) is 31.7 Å². The minimum Gasteiger partial charge on any atom is -0.312 e. The molecule has 0 radical (unpaired) electrons. The predicted molar refractivity (Wildman–Crippen MR) is 87.1 cm³/mol. The van der Waals surface area contributed by atoms with E-state index in [2.05, 4.69) is 5.32 Å². The van der Waals surface area contributed by atoms with Crippen LogP contribution in [0.4, 0.5) is 0 Å². The summed E-state index contributed by atoms with van der Waals surface area (Å²) in [6, 6.07) is 1.84. The largest absolute Gasteiger partial charge is 0.312 e. The van der Waals surface area contributed by atoms with Crippen LogP contribution in [0.5, 0.6) is 0 Å². The molecule has 2 rings (SSSR count). The number of thioether (sulfide) groups is 1. The van der Waals surface area contributed by atoms with E-state index >= 15 is 0 Å². The van der Waals surface area contributed by atoms with Crippen LogP contribution in [-0.2, 0) is 16.6 Å². The monoisotopic (exact) mass is 334 g/mol. The molecular weight excluding hydrogens is 312 g/mol. The van der Waals surface area contributed by atoms with E-state index in [4.69, 9.17) is 0 Å². The maximum absolute atomic E-state index is 12.8. The molecule has 7 heteroatoms. The first kappa shape index (κ1) is 16.3. The Morgan fingerprint density at radius 2 is 2.15 bits per heavy atom. The van der Waals surface area contributed by atoms with E-state index in [1.165, 1.54) is 0 Å². The molecule has 0 amide bonds. The van der Waals surface area contributed by atoms with E-state index in [-0.39, 0.29) is 0 Å². The van der Waals surface area contributed by atoms with Crippen molar-refractivity contribution in [2.75, 3.05) is 31.1 Å². The zero-order chi connectivity index (χ0) is 14.6. The number of rotatable bonds is 5. The third-order valence-electron chi connectivity index (χ3n) is 3.27. The van der Waals surface area contributed by atoms with Crippen molar-refractivity contribution in [2.24, 2.45) is 0 Å². The van der Waals surface area contributed by atoms with Gasteiger partial charge in [0, 0.05) is 35.1 Å². The van der Waals surface area contributed by atoms with Gasteiger partial charge in [-0.15, -0.1) is 11.3 Å². The van der Waals surface area contributed by atoms with Crippen LogP contribution >= 0.6 is 23.1 Å². The Balaban J connectivity index is 2.21. The van der Waals surface area contributed by atoms with Crippen molar-refractivity contribution >= 4 is 33.1 Å². The van der Waals surface area contributed by atoms with Gasteiger partial charge < -0.3 is 5.32 Å². The minimum atomic E-state index is -3.32. The van der Waals surface area contributed by atoms with Crippen molar-refractivity contribution in [2.45, 2.75) is 31.7 Å². The molecule has 1 fully saturated rings. The molecule has 1 saturated heterocycles. The van der Waals surface area contributed by atoms with Gasteiger partial charge in [-0.05, 0) is 31.7 Å². The van der Waals surface area contributed by atoms with Crippen molar-refractivity contribution in [3.05, 3.63) is 15.8 Å². The highest BCUT2D eigenvalue weighted by Crippen LogP contribution is 2.29. The van der Waals surface area contributed by atoms with Gasteiger partial charge >= 0.3 is 0 Å². The van der Waals surface area contributed by atoms with Crippen LogP contribution in [0.15, 0.2) is 11.0 Å². The smallest absolute Gasteiger partial charge is 0.244 e. The van der Waals surface area contributed by atoms with Crippen LogP contribution in [0.3, 0.4) is 0 Å². The van der Waals surface area contributed by atoms with E-state index in [0.717, 1.165) is 40.8 Å². The van der Waals surface area contributed by atoms with Crippen molar-refractivity contribution in [1.82, 2.24) is 9.62 Å². The molecule has 1 N–H and O–H groups in total. The number of hydrogen-bond acceptors (Lipinski definition) is 5. The molecule has 114 valence electrons. The number of nitrogens with one attached hydrogen (secondary N) is 1. The second kappa shape index (κ2) is 7.26. The SMILES string of the molecule is CCNCc1cc(S(=O)(=O)N2CCCSCC2)c(C)s1. The fourth-order valence-corrected chi connectivity index (χ4v) is 6.27. The Labute approximate surface area is 130 Å². The molecule has 0 bridgehead atoms. The van der Waals surface area contributed by atoms with Crippen molar-refractivity contribution in [3.63, 3.8) is 0 Å². The summed E-state index contributed by atoms with van der Waals surface area (Å²) in [6.07, 6.45) is 0.942. The average molecular weight is 335 g/mol. The Morgan fingerprint density at radius 3 is 2.90 bits per heavy atom. The van der Waals surface area contributed by atoms with Crippen LogP contribution < -0.4 is 5.32 Å². The minimum absolute atomic E-state index is 0.502. The molecule has 0 saturated carbocycles. The van der Waals surface area contributed by atoms with E-state index in [1.54, 1.807) is 15.6 Å². The summed E-state index contributed by atoms with van der Waals surface area (Å²) in [7, 11) is -3.32. The summed E-state index contributed by atoms with van der Waals surface area (Å²) in [5, 5.41) is 3.24. The van der Waals surface area contributed by atoms with Gasteiger partial charge in [0.05, 0.1) is 4.90 Å². The molecule has 0 aliphatic carbocycles. The average Bonchev–Trinajstić information content (AvgIpc) is 2.65. The van der Waals surface area contributed by atoms with E-state index in [9.17, 15) is 8.42 Å². The molecule has 0 unspecified atom stereocenters. The number of sulfonamides is 1. The molecule has 0 atom stereocenters. The van der Waals surface area contributed by atoms with Gasteiger partial charge in [-0.3, -0.25) is 0 Å². The third-order valence-corrected chi connectivity index (χ3v) is 7.52. The van der Waals surface area contributed by atoms with Crippen LogP contribution in [0.2, 0.25) is 0 Å². The molecule has 0 spiro atoms. The lowest BCUT2D eigenvalue weighted by Crippen LogP contribution is -2.33. The lowest BCUT2D eigenvalue weighted by molar-refractivity contribution is 0.435. The van der Waals surface area contributed by atoms with Gasteiger partial charge in [0.25, 0.3) is 0 Å². The predicted octanol–water partition coefficient (Wildman–Crippen LogP) is 2.29. The highest BCUT2D eigenvalue weighted by molar-refractivity contribution is 7.99. The number of thiophene rings is 1. The Hall–Kier alpha value is -0.0800. The third kappa shape index (κ3) is 3.76. The standard InChI is InChI=1S/C13H22N2O2S3/c1-3-14-10-12-9-13(11(2)19-12)20(16,17)15-5-4-7-18-8-6-15/h9,14H,3-8,10H2,1-2H3. The molecule has 2 heterocycles. The Kier molecular flexibility index (Phi) is 5.92. The number of hydrogen-bond donors (Lipinski definition) is 1. The molecule has 1 aliphatic heterocycles. The number of aryl methyl sites for hydroxylation is 1. The topological polar surface area (TPSA) is 49.4 Å². The lowest BCUT2D eigenvalue weighted by atomic mass is 10.4. The van der Waals surface area contributed by atoms with Crippen molar-refractivity contribution < 1.29 is 8.42 Å². The van der Waals surface area contributed by atoms with Crippen molar-refractivity contribution in [1.29, 1.82) is 0 Å². The quantitative estimate of drug-likeness (QED) is 0.898. The zero-order valence-electron chi connectivity index (χ0n) is 12.0. The molecule has 1 aromatic rings. The lowest BCUT2D eigenvalue weighted by Gasteiger charge is -2.19. The summed E-state index contributed by atoms with van der Waals surface area (Å²) in [5.41, 5.74) is 0. The first-order valence-corrected chi connectivity index (χ1v) is 10.3. The summed E-state index contributed by atoms with van der Waals surface area (Å²) < 4.78 is 27.2. The highest BCUT2D eigenvalue weighted by atomic mass is 32.2. The van der Waals surface area contributed by atoms with Gasteiger partial charge in [0.15, 0.2) is 0 Å². The van der Waals surface area contributed by atoms with Gasteiger partial charge in [-0.25, -0.2) is 8.42 Å². The van der Waals surface area contributed by atoms with Gasteiger partial charge in [0.1, 0.15) is 0 Å². The summed E-state index contributed by atoms with van der Waals surface area (Å²) in [5.74, 6) is 1.95. The molecule has 1 aliphatic rings. The summed E-state index contributed by atoms with van der Waals surface area (Å²) >= 11 is 3.41. The van der Waals surface area contributed by atoms with Gasteiger partial charge in [0.2, 0.25) is 10.0 Å². The number of nitrogens with zero attached hydrogens (tertiary/aromatic N) is 1. The fraction of sp³-hybridized carbons (Fsp3) is 0.692. The molecule has 4 nitrogen and oxygen atoms in total. The molecule has 0 aromatic carbocycles. The van der Waals surface area contributed by atoms with E-state index in [0.29, 0.717) is 18.0 Å². The second-order valence-corrected chi connectivity index (χ2v) is 9.26. The van der Waals surface area contributed by atoms with Crippen LogP contribution in [0.1, 0.15) is 23.1 Å². The zero-order valence-corrected chi connectivity index (χ0v) is 14.5. The summed E-state index contributed by atoms with van der Waals surface area (Å²) in [4.78, 5) is 2.49. The van der Waals surface area contributed by atoms with Crippen LogP contribution in [0, 0.1) is 6.92 Å². The Bertz CT molecular complexity index is 532. The highest BCUT2D eigenvalue weighted by Gasteiger charge is 2.28.